The minimum Gasteiger partial charge on any atom is -0.306 e. The van der Waals surface area contributed by atoms with Gasteiger partial charge in [0.1, 0.15) is 0 Å². The van der Waals surface area contributed by atoms with Gasteiger partial charge >= 0.3 is 0 Å². The molecule has 0 radical (unpaired) electrons. The van der Waals surface area contributed by atoms with E-state index in [0.717, 1.165) is 6.54 Å². The van der Waals surface area contributed by atoms with Crippen molar-refractivity contribution in [3.8, 4) is 0 Å². The van der Waals surface area contributed by atoms with Crippen LogP contribution in [0.1, 0.15) is 30.5 Å². The highest BCUT2D eigenvalue weighted by Crippen LogP contribution is 2.33. The summed E-state index contributed by atoms with van der Waals surface area (Å²) in [6, 6.07) is 9.49. The maximum atomic E-state index is 4.26. The zero-order chi connectivity index (χ0) is 13.2. The number of rotatable bonds is 4. The summed E-state index contributed by atoms with van der Waals surface area (Å²) >= 11 is 3.54. The van der Waals surface area contributed by atoms with Crippen LogP contribution < -0.4 is 5.32 Å². The van der Waals surface area contributed by atoms with Gasteiger partial charge in [-0.25, -0.2) is 0 Å². The fourth-order valence-corrected chi connectivity index (χ4v) is 3.25. The molecule has 19 heavy (non-hydrogen) atoms. The van der Waals surface area contributed by atoms with Gasteiger partial charge in [-0.05, 0) is 49.1 Å². The standard InChI is InChI=1S/C15H18BrN3/c1-11(10-19-8-2-7-17-19)18-15-6-3-12-9-13(16)4-5-14(12)15/h2,4-5,7-9,11,15,18H,3,6,10H2,1H3. The Kier molecular flexibility index (Phi) is 3.71. The minimum absolute atomic E-state index is 0.416. The first-order valence-corrected chi connectivity index (χ1v) is 7.53. The van der Waals surface area contributed by atoms with Gasteiger partial charge in [-0.1, -0.05) is 22.0 Å². The Balaban J connectivity index is 1.66. The molecular weight excluding hydrogens is 302 g/mol. The summed E-state index contributed by atoms with van der Waals surface area (Å²) in [5.41, 5.74) is 2.92. The van der Waals surface area contributed by atoms with Gasteiger partial charge in [0.05, 0.1) is 6.54 Å². The molecule has 2 atom stereocenters. The van der Waals surface area contributed by atoms with Crippen LogP contribution in [0.5, 0.6) is 0 Å². The van der Waals surface area contributed by atoms with Crippen LogP contribution in [0.15, 0.2) is 41.1 Å². The van der Waals surface area contributed by atoms with Crippen LogP contribution in [-0.4, -0.2) is 15.8 Å². The van der Waals surface area contributed by atoms with Gasteiger partial charge in [0.25, 0.3) is 0 Å². The molecular formula is C15H18BrN3. The Labute approximate surface area is 122 Å². The summed E-state index contributed by atoms with van der Waals surface area (Å²) in [4.78, 5) is 0. The van der Waals surface area contributed by atoms with E-state index in [0.29, 0.717) is 12.1 Å². The van der Waals surface area contributed by atoms with Crippen LogP contribution in [0.3, 0.4) is 0 Å². The van der Waals surface area contributed by atoms with Crippen LogP contribution >= 0.6 is 15.9 Å². The summed E-state index contributed by atoms with van der Waals surface area (Å²) in [5, 5.41) is 7.97. The third kappa shape index (κ3) is 2.90. The van der Waals surface area contributed by atoms with Crippen molar-refractivity contribution in [1.29, 1.82) is 0 Å². The monoisotopic (exact) mass is 319 g/mol. The maximum absolute atomic E-state index is 4.26. The van der Waals surface area contributed by atoms with Crippen molar-refractivity contribution in [2.75, 3.05) is 0 Å². The number of halogens is 1. The van der Waals surface area contributed by atoms with Crippen molar-refractivity contribution in [1.82, 2.24) is 15.1 Å². The largest absolute Gasteiger partial charge is 0.306 e. The molecule has 1 aliphatic carbocycles. The van der Waals surface area contributed by atoms with E-state index in [2.05, 4.69) is 51.5 Å². The average Bonchev–Trinajstić information content (AvgIpc) is 2.99. The SMILES string of the molecule is CC(Cn1cccn1)NC1CCc2cc(Br)ccc21. The Bertz CT molecular complexity index is 551. The topological polar surface area (TPSA) is 29.9 Å². The normalized spacial score (nSPS) is 19.4. The fourth-order valence-electron chi connectivity index (χ4n) is 2.84. The third-order valence-electron chi connectivity index (χ3n) is 3.69. The summed E-state index contributed by atoms with van der Waals surface area (Å²) in [6.45, 7) is 3.13. The molecule has 0 bridgehead atoms. The molecule has 0 fully saturated rings. The zero-order valence-electron chi connectivity index (χ0n) is 11.0. The van der Waals surface area contributed by atoms with Gasteiger partial charge in [0.15, 0.2) is 0 Å². The summed E-state index contributed by atoms with van der Waals surface area (Å²) in [6.07, 6.45) is 6.20. The number of aromatic nitrogens is 2. The van der Waals surface area contributed by atoms with E-state index in [4.69, 9.17) is 0 Å². The highest BCUT2D eigenvalue weighted by atomic mass is 79.9. The second kappa shape index (κ2) is 5.47. The number of hydrogen-bond acceptors (Lipinski definition) is 2. The van der Waals surface area contributed by atoms with E-state index < -0.39 is 0 Å². The second-order valence-corrected chi connectivity index (χ2v) is 6.15. The molecule has 1 aromatic heterocycles. The number of nitrogens with zero attached hydrogens (tertiary/aromatic N) is 2. The maximum Gasteiger partial charge on any atom is 0.0560 e. The number of hydrogen-bond donors (Lipinski definition) is 1. The fraction of sp³-hybridized carbons (Fsp3) is 0.400. The molecule has 1 aromatic carbocycles. The number of fused-ring (bicyclic) bond motifs is 1. The van der Waals surface area contributed by atoms with Crippen LogP contribution in [0.25, 0.3) is 0 Å². The third-order valence-corrected chi connectivity index (χ3v) is 4.18. The summed E-state index contributed by atoms with van der Waals surface area (Å²) < 4.78 is 3.16. The Morgan fingerprint density at radius 1 is 1.53 bits per heavy atom. The molecule has 1 aliphatic rings. The molecule has 0 aliphatic heterocycles. The van der Waals surface area contributed by atoms with Crippen molar-refractivity contribution in [3.05, 3.63) is 52.3 Å². The van der Waals surface area contributed by atoms with Gasteiger partial charge in [0, 0.05) is 29.0 Å². The molecule has 0 spiro atoms. The second-order valence-electron chi connectivity index (χ2n) is 5.23. The predicted molar refractivity (Wildman–Crippen MR) is 80.0 cm³/mol. The van der Waals surface area contributed by atoms with Gasteiger partial charge in [-0.15, -0.1) is 0 Å². The molecule has 0 saturated carbocycles. The summed E-state index contributed by atoms with van der Waals surface area (Å²) in [5.74, 6) is 0. The van der Waals surface area contributed by atoms with Crippen molar-refractivity contribution >= 4 is 15.9 Å². The minimum atomic E-state index is 0.416. The van der Waals surface area contributed by atoms with Gasteiger partial charge < -0.3 is 5.32 Å². The molecule has 2 aromatic rings. The number of nitrogens with one attached hydrogen (secondary N) is 1. The van der Waals surface area contributed by atoms with Crippen LogP contribution in [0.2, 0.25) is 0 Å². The van der Waals surface area contributed by atoms with Gasteiger partial charge in [0.2, 0.25) is 0 Å². The molecule has 100 valence electrons. The Hall–Kier alpha value is -1.13. The van der Waals surface area contributed by atoms with E-state index in [1.807, 2.05) is 23.1 Å². The first kappa shape index (κ1) is 12.9. The van der Waals surface area contributed by atoms with E-state index in [9.17, 15) is 0 Å². The van der Waals surface area contributed by atoms with Crippen LogP contribution in [-0.2, 0) is 13.0 Å². The van der Waals surface area contributed by atoms with E-state index in [1.54, 1.807) is 0 Å². The lowest BCUT2D eigenvalue weighted by molar-refractivity contribution is 0.398. The molecule has 1 heterocycles. The van der Waals surface area contributed by atoms with Gasteiger partial charge in [-0.3, -0.25) is 4.68 Å². The van der Waals surface area contributed by atoms with Crippen molar-refractivity contribution in [2.45, 2.75) is 38.4 Å². The quantitative estimate of drug-likeness (QED) is 0.937. The molecule has 3 rings (SSSR count). The van der Waals surface area contributed by atoms with Crippen molar-refractivity contribution in [3.63, 3.8) is 0 Å². The van der Waals surface area contributed by atoms with Crippen molar-refractivity contribution in [2.24, 2.45) is 0 Å². The molecule has 3 nitrogen and oxygen atoms in total. The zero-order valence-corrected chi connectivity index (χ0v) is 12.6. The highest BCUT2D eigenvalue weighted by Gasteiger charge is 2.23. The Morgan fingerprint density at radius 3 is 3.21 bits per heavy atom. The van der Waals surface area contributed by atoms with Gasteiger partial charge in [-0.2, -0.15) is 5.10 Å². The molecule has 0 saturated heterocycles. The van der Waals surface area contributed by atoms with E-state index in [-0.39, 0.29) is 0 Å². The first-order chi connectivity index (χ1) is 9.22. The highest BCUT2D eigenvalue weighted by molar-refractivity contribution is 9.10. The number of benzene rings is 1. The lowest BCUT2D eigenvalue weighted by atomic mass is 10.1. The molecule has 1 N–H and O–H groups in total. The molecule has 4 heteroatoms. The smallest absolute Gasteiger partial charge is 0.0560 e. The summed E-state index contributed by atoms with van der Waals surface area (Å²) in [7, 11) is 0. The average molecular weight is 320 g/mol. The number of aryl methyl sites for hydroxylation is 1. The lowest BCUT2D eigenvalue weighted by Gasteiger charge is -2.20. The lowest BCUT2D eigenvalue weighted by Crippen LogP contribution is -2.33. The van der Waals surface area contributed by atoms with Crippen LogP contribution in [0.4, 0.5) is 0 Å². The predicted octanol–water partition coefficient (Wildman–Crippen LogP) is 3.31. The molecule has 2 unspecified atom stereocenters. The molecule has 0 amide bonds. The van der Waals surface area contributed by atoms with Crippen LogP contribution in [0, 0.1) is 0 Å². The Morgan fingerprint density at radius 2 is 2.42 bits per heavy atom. The van der Waals surface area contributed by atoms with E-state index in [1.165, 1.54) is 28.4 Å². The first-order valence-electron chi connectivity index (χ1n) is 6.74. The van der Waals surface area contributed by atoms with E-state index >= 15 is 0 Å². The van der Waals surface area contributed by atoms with Crippen molar-refractivity contribution < 1.29 is 0 Å².